The Morgan fingerprint density at radius 1 is 1.00 bits per heavy atom. The SMILES string of the molecule is CC/C(=N\NC(=O)c1cc(-c2ccc(OC)cc2OC)nc2ccccc12)C12CC3CC(CC(C3)C1)C2. The average molecular weight is 498 g/mol. The van der Waals surface area contributed by atoms with Crippen LogP contribution < -0.4 is 14.9 Å². The van der Waals surface area contributed by atoms with Gasteiger partial charge in [0, 0.05) is 28.1 Å². The smallest absolute Gasteiger partial charge is 0.272 e. The largest absolute Gasteiger partial charge is 0.497 e. The predicted octanol–water partition coefficient (Wildman–Crippen LogP) is 6.63. The molecule has 4 saturated carbocycles. The Labute approximate surface area is 218 Å². The van der Waals surface area contributed by atoms with Gasteiger partial charge in [-0.3, -0.25) is 4.79 Å². The fraction of sp³-hybridized carbons (Fsp3) is 0.452. The number of methoxy groups -OCH3 is 2. The van der Waals surface area contributed by atoms with Crippen LogP contribution in [0.5, 0.6) is 11.5 Å². The Bertz CT molecular complexity index is 1340. The van der Waals surface area contributed by atoms with Crippen LogP contribution in [0.2, 0.25) is 0 Å². The molecule has 4 fully saturated rings. The third-order valence-corrected chi connectivity index (χ3v) is 8.92. The molecule has 6 nitrogen and oxygen atoms in total. The molecule has 1 aromatic heterocycles. The first-order chi connectivity index (χ1) is 18.0. The first-order valence-electron chi connectivity index (χ1n) is 13.5. The minimum atomic E-state index is -0.206. The fourth-order valence-corrected chi connectivity index (χ4v) is 7.73. The molecule has 4 aliphatic rings. The molecular weight excluding hydrogens is 462 g/mol. The molecule has 0 aliphatic heterocycles. The highest BCUT2D eigenvalue weighted by Gasteiger charge is 2.52. The van der Waals surface area contributed by atoms with E-state index in [-0.39, 0.29) is 11.3 Å². The van der Waals surface area contributed by atoms with Gasteiger partial charge in [-0.05, 0) is 87.0 Å². The van der Waals surface area contributed by atoms with Gasteiger partial charge in [0.2, 0.25) is 0 Å². The third kappa shape index (κ3) is 4.26. The summed E-state index contributed by atoms with van der Waals surface area (Å²) >= 11 is 0. The number of benzene rings is 2. The number of nitrogens with zero attached hydrogens (tertiary/aromatic N) is 2. The second kappa shape index (κ2) is 9.47. The summed E-state index contributed by atoms with van der Waals surface area (Å²) < 4.78 is 11.0. The van der Waals surface area contributed by atoms with E-state index in [1.165, 1.54) is 44.2 Å². The van der Waals surface area contributed by atoms with Crippen LogP contribution in [0.1, 0.15) is 62.2 Å². The van der Waals surface area contributed by atoms with Gasteiger partial charge in [-0.25, -0.2) is 10.4 Å². The second-order valence-corrected chi connectivity index (χ2v) is 11.2. The fourth-order valence-electron chi connectivity index (χ4n) is 7.73. The Balaban J connectivity index is 1.35. The molecule has 1 amide bonds. The molecule has 6 heteroatoms. The third-order valence-electron chi connectivity index (χ3n) is 8.92. The number of nitrogens with one attached hydrogen (secondary N) is 1. The van der Waals surface area contributed by atoms with Crippen molar-refractivity contribution >= 4 is 22.5 Å². The first kappa shape index (κ1) is 24.0. The van der Waals surface area contributed by atoms with Crippen LogP contribution in [-0.2, 0) is 0 Å². The summed E-state index contributed by atoms with van der Waals surface area (Å²) in [5.41, 5.74) is 7.10. The number of ether oxygens (including phenoxy) is 2. The number of carbonyl (C=O) groups excluding carboxylic acids is 1. The normalized spacial score (nSPS) is 26.4. The highest BCUT2D eigenvalue weighted by atomic mass is 16.5. The van der Waals surface area contributed by atoms with E-state index in [4.69, 9.17) is 19.6 Å². The predicted molar refractivity (Wildman–Crippen MR) is 146 cm³/mol. The second-order valence-electron chi connectivity index (χ2n) is 11.2. The van der Waals surface area contributed by atoms with Crippen molar-refractivity contribution in [2.45, 2.75) is 51.9 Å². The number of para-hydroxylation sites is 1. The van der Waals surface area contributed by atoms with E-state index in [0.29, 0.717) is 22.8 Å². The summed E-state index contributed by atoms with van der Waals surface area (Å²) in [5, 5.41) is 5.63. The van der Waals surface area contributed by atoms with Crippen molar-refractivity contribution in [1.82, 2.24) is 10.4 Å². The van der Waals surface area contributed by atoms with Gasteiger partial charge in [0.15, 0.2) is 0 Å². The van der Waals surface area contributed by atoms with E-state index in [0.717, 1.165) is 40.6 Å². The van der Waals surface area contributed by atoms with Crippen LogP contribution in [0, 0.1) is 23.2 Å². The van der Waals surface area contributed by atoms with Crippen LogP contribution in [-0.4, -0.2) is 30.8 Å². The van der Waals surface area contributed by atoms with Gasteiger partial charge in [-0.1, -0.05) is 25.1 Å². The molecule has 1 heterocycles. The summed E-state index contributed by atoms with van der Waals surface area (Å²) in [6, 6.07) is 15.2. The Hall–Kier alpha value is -3.41. The highest BCUT2D eigenvalue weighted by molar-refractivity contribution is 6.07. The van der Waals surface area contributed by atoms with Gasteiger partial charge in [-0.2, -0.15) is 5.10 Å². The maximum Gasteiger partial charge on any atom is 0.272 e. The molecule has 4 aliphatic carbocycles. The van der Waals surface area contributed by atoms with Gasteiger partial charge in [0.25, 0.3) is 5.91 Å². The van der Waals surface area contributed by atoms with Gasteiger partial charge in [0.1, 0.15) is 11.5 Å². The maximum absolute atomic E-state index is 13.6. The lowest BCUT2D eigenvalue weighted by molar-refractivity contribution is -0.0134. The minimum Gasteiger partial charge on any atom is -0.497 e. The van der Waals surface area contributed by atoms with Crippen molar-refractivity contribution in [3.05, 3.63) is 54.1 Å². The van der Waals surface area contributed by atoms with Gasteiger partial charge >= 0.3 is 0 Å². The van der Waals surface area contributed by atoms with Crippen molar-refractivity contribution in [3.8, 4) is 22.8 Å². The van der Waals surface area contributed by atoms with E-state index in [1.807, 2.05) is 48.5 Å². The molecular formula is C31H35N3O3. The molecule has 0 atom stereocenters. The number of amides is 1. The number of rotatable bonds is 7. The van der Waals surface area contributed by atoms with Gasteiger partial charge in [0.05, 0.1) is 31.0 Å². The summed E-state index contributed by atoms with van der Waals surface area (Å²) in [6.07, 6.45) is 8.76. The van der Waals surface area contributed by atoms with Crippen molar-refractivity contribution in [3.63, 3.8) is 0 Å². The maximum atomic E-state index is 13.6. The van der Waals surface area contributed by atoms with E-state index >= 15 is 0 Å². The molecule has 0 radical (unpaired) electrons. The van der Waals surface area contributed by atoms with Crippen LogP contribution >= 0.6 is 0 Å². The van der Waals surface area contributed by atoms with E-state index in [2.05, 4.69) is 12.3 Å². The Kier molecular flexibility index (Phi) is 6.13. The monoisotopic (exact) mass is 497 g/mol. The Morgan fingerprint density at radius 3 is 2.35 bits per heavy atom. The van der Waals surface area contributed by atoms with Crippen molar-refractivity contribution in [1.29, 1.82) is 0 Å². The quantitative estimate of drug-likeness (QED) is 0.294. The van der Waals surface area contributed by atoms with E-state index in [9.17, 15) is 4.79 Å². The van der Waals surface area contributed by atoms with E-state index < -0.39 is 0 Å². The van der Waals surface area contributed by atoms with Crippen LogP contribution in [0.15, 0.2) is 53.6 Å². The van der Waals surface area contributed by atoms with Crippen molar-refractivity contribution in [2.24, 2.45) is 28.3 Å². The molecule has 0 saturated heterocycles. The highest BCUT2D eigenvalue weighted by Crippen LogP contribution is 2.60. The molecule has 0 spiro atoms. The molecule has 192 valence electrons. The summed E-state index contributed by atoms with van der Waals surface area (Å²) in [5.74, 6) is 3.65. The molecule has 2 aromatic carbocycles. The summed E-state index contributed by atoms with van der Waals surface area (Å²) in [7, 11) is 3.25. The number of carbonyl (C=O) groups is 1. The zero-order valence-corrected chi connectivity index (χ0v) is 21.9. The molecule has 37 heavy (non-hydrogen) atoms. The number of hydrazone groups is 1. The first-order valence-corrected chi connectivity index (χ1v) is 13.5. The van der Waals surface area contributed by atoms with Crippen LogP contribution in [0.25, 0.3) is 22.2 Å². The molecule has 0 unspecified atom stereocenters. The summed E-state index contributed by atoms with van der Waals surface area (Å²) in [6.45, 7) is 2.18. The molecule has 7 rings (SSSR count). The van der Waals surface area contributed by atoms with Crippen molar-refractivity contribution in [2.75, 3.05) is 14.2 Å². The average Bonchev–Trinajstić information content (AvgIpc) is 2.91. The molecule has 3 aromatic rings. The number of hydrogen-bond donors (Lipinski definition) is 1. The topological polar surface area (TPSA) is 72.8 Å². The van der Waals surface area contributed by atoms with Crippen molar-refractivity contribution < 1.29 is 14.3 Å². The van der Waals surface area contributed by atoms with Crippen LogP contribution in [0.4, 0.5) is 0 Å². The standard InChI is InChI=1S/C31H35N3O3/c1-4-29(31-16-19-11-20(17-31)13-21(12-19)18-31)33-34-30(35)25-15-27(32-26-8-6-5-7-23(25)26)24-10-9-22(36-2)14-28(24)37-3/h5-10,14-15,19-21H,4,11-13,16-18H2,1-3H3,(H,34,35)/b33-29+. The zero-order valence-electron chi connectivity index (χ0n) is 21.9. The van der Waals surface area contributed by atoms with Gasteiger partial charge < -0.3 is 9.47 Å². The zero-order chi connectivity index (χ0) is 25.6. The minimum absolute atomic E-state index is 0.179. The Morgan fingerprint density at radius 2 is 1.70 bits per heavy atom. The van der Waals surface area contributed by atoms with Crippen LogP contribution in [0.3, 0.4) is 0 Å². The lowest BCUT2D eigenvalue weighted by atomic mass is 9.48. The number of pyridine rings is 1. The van der Waals surface area contributed by atoms with Gasteiger partial charge in [-0.15, -0.1) is 0 Å². The molecule has 4 bridgehead atoms. The number of hydrogen-bond acceptors (Lipinski definition) is 5. The number of fused-ring (bicyclic) bond motifs is 1. The summed E-state index contributed by atoms with van der Waals surface area (Å²) in [4.78, 5) is 18.5. The lowest BCUT2D eigenvalue weighted by Gasteiger charge is -2.57. The number of aromatic nitrogens is 1. The lowest BCUT2D eigenvalue weighted by Crippen LogP contribution is -2.50. The molecule has 1 N–H and O–H groups in total. The van der Waals surface area contributed by atoms with E-state index in [1.54, 1.807) is 14.2 Å².